The maximum absolute atomic E-state index is 8.75. The molecular weight excluding hydrogens is 248 g/mol. The Hall–Kier alpha value is -1.43. The molecule has 6 heteroatoms. The molecule has 98 valence electrons. The summed E-state index contributed by atoms with van der Waals surface area (Å²) in [6, 6.07) is 3.70. The van der Waals surface area contributed by atoms with E-state index in [9.17, 15) is 0 Å². The lowest BCUT2D eigenvalue weighted by atomic mass is 10.2. The van der Waals surface area contributed by atoms with Gasteiger partial charge in [0.05, 0.1) is 0 Å². The summed E-state index contributed by atoms with van der Waals surface area (Å²) in [4.78, 5) is 6.79. The Morgan fingerprint density at radius 1 is 1.61 bits per heavy atom. The molecule has 1 atom stereocenters. The highest BCUT2D eigenvalue weighted by molar-refractivity contribution is 8.00. The molecule has 3 N–H and O–H groups in total. The number of aromatic nitrogens is 1. The van der Waals surface area contributed by atoms with E-state index in [0.29, 0.717) is 10.8 Å². The van der Waals surface area contributed by atoms with Gasteiger partial charge in [-0.05, 0) is 19.1 Å². The van der Waals surface area contributed by atoms with E-state index in [0.717, 1.165) is 30.4 Å². The van der Waals surface area contributed by atoms with Crippen LogP contribution in [0.15, 0.2) is 17.3 Å². The third kappa shape index (κ3) is 2.87. The Kier molecular flexibility index (Phi) is 3.96. The van der Waals surface area contributed by atoms with Crippen molar-refractivity contribution in [3.8, 4) is 0 Å². The number of rotatable bonds is 2. The molecule has 0 aromatic carbocycles. The van der Waals surface area contributed by atoms with Gasteiger partial charge < -0.3 is 15.8 Å². The molecule has 1 unspecified atom stereocenters. The van der Waals surface area contributed by atoms with Crippen LogP contribution < -0.4 is 10.6 Å². The van der Waals surface area contributed by atoms with Crippen LogP contribution in [-0.2, 0) is 0 Å². The molecule has 2 heterocycles. The van der Waals surface area contributed by atoms with Crippen molar-refractivity contribution in [3.05, 3.63) is 23.4 Å². The van der Waals surface area contributed by atoms with Gasteiger partial charge in [0.2, 0.25) is 0 Å². The number of amidine groups is 1. The van der Waals surface area contributed by atoms with Crippen molar-refractivity contribution in [2.45, 2.75) is 19.1 Å². The summed E-state index contributed by atoms with van der Waals surface area (Å²) < 4.78 is 0. The second kappa shape index (κ2) is 5.48. The zero-order valence-corrected chi connectivity index (χ0v) is 11.4. The first-order valence-electron chi connectivity index (χ1n) is 5.93. The van der Waals surface area contributed by atoms with E-state index in [2.05, 4.69) is 22.0 Å². The molecule has 1 fully saturated rings. The lowest BCUT2D eigenvalue weighted by molar-refractivity contribution is 0.318. The van der Waals surface area contributed by atoms with Gasteiger partial charge in [-0.15, -0.1) is 0 Å². The predicted octanol–water partition coefficient (Wildman–Crippen LogP) is 1.43. The summed E-state index contributed by atoms with van der Waals surface area (Å²) in [6.45, 7) is 6.11. The standard InChI is InChI=1S/C12H18N4OS/c1-8-5-10(12(13)15-17)6-11(14-8)16-3-4-18-9(2)7-16/h5-6,9,17H,3-4,7H2,1-2H3,(H2,13,15). The molecule has 0 bridgehead atoms. The highest BCUT2D eigenvalue weighted by atomic mass is 32.2. The molecule has 5 nitrogen and oxygen atoms in total. The van der Waals surface area contributed by atoms with E-state index in [-0.39, 0.29) is 5.84 Å². The van der Waals surface area contributed by atoms with E-state index in [1.165, 1.54) is 0 Å². The van der Waals surface area contributed by atoms with Crippen molar-refractivity contribution >= 4 is 23.4 Å². The summed E-state index contributed by atoms with van der Waals surface area (Å²) in [7, 11) is 0. The van der Waals surface area contributed by atoms with Crippen LogP contribution in [0.1, 0.15) is 18.2 Å². The molecule has 0 aliphatic carbocycles. The fraction of sp³-hybridized carbons (Fsp3) is 0.500. The zero-order valence-electron chi connectivity index (χ0n) is 10.6. The summed E-state index contributed by atoms with van der Waals surface area (Å²) >= 11 is 1.98. The number of pyridine rings is 1. The Bertz CT molecular complexity index is 463. The van der Waals surface area contributed by atoms with Crippen molar-refractivity contribution in [2.75, 3.05) is 23.7 Å². The van der Waals surface area contributed by atoms with Gasteiger partial charge in [0.1, 0.15) is 5.82 Å². The summed E-state index contributed by atoms with van der Waals surface area (Å²) in [5.74, 6) is 2.14. The summed E-state index contributed by atoms with van der Waals surface area (Å²) in [5, 5.41) is 12.4. The lowest BCUT2D eigenvalue weighted by Crippen LogP contribution is -2.37. The highest BCUT2D eigenvalue weighted by Gasteiger charge is 2.18. The van der Waals surface area contributed by atoms with Crippen LogP contribution in [0.3, 0.4) is 0 Å². The zero-order chi connectivity index (χ0) is 13.1. The molecule has 0 amide bonds. The Balaban J connectivity index is 2.30. The maximum atomic E-state index is 8.75. The second-order valence-corrected chi connectivity index (χ2v) is 6.01. The van der Waals surface area contributed by atoms with Crippen LogP contribution in [0.5, 0.6) is 0 Å². The van der Waals surface area contributed by atoms with Crippen molar-refractivity contribution in [1.29, 1.82) is 0 Å². The second-order valence-electron chi connectivity index (χ2n) is 4.47. The summed E-state index contributed by atoms with van der Waals surface area (Å²) in [6.07, 6.45) is 0. The molecule has 1 aliphatic heterocycles. The average molecular weight is 266 g/mol. The van der Waals surface area contributed by atoms with E-state index >= 15 is 0 Å². The van der Waals surface area contributed by atoms with E-state index in [1.807, 2.05) is 30.8 Å². The van der Waals surface area contributed by atoms with Crippen LogP contribution in [0.25, 0.3) is 0 Å². The first-order valence-corrected chi connectivity index (χ1v) is 6.98. The molecule has 1 aliphatic rings. The maximum Gasteiger partial charge on any atom is 0.170 e. The van der Waals surface area contributed by atoms with Crippen LogP contribution in [0, 0.1) is 6.92 Å². The van der Waals surface area contributed by atoms with E-state index in [1.54, 1.807) is 0 Å². The Morgan fingerprint density at radius 3 is 3.06 bits per heavy atom. The topological polar surface area (TPSA) is 74.7 Å². The number of nitrogens with two attached hydrogens (primary N) is 1. The van der Waals surface area contributed by atoms with Crippen LogP contribution >= 0.6 is 11.8 Å². The molecule has 0 spiro atoms. The molecule has 0 radical (unpaired) electrons. The van der Waals surface area contributed by atoms with Crippen molar-refractivity contribution in [2.24, 2.45) is 10.9 Å². The highest BCUT2D eigenvalue weighted by Crippen LogP contribution is 2.23. The minimum atomic E-state index is 0.126. The van der Waals surface area contributed by atoms with Gasteiger partial charge in [0.15, 0.2) is 5.84 Å². The minimum absolute atomic E-state index is 0.126. The average Bonchev–Trinajstić information content (AvgIpc) is 2.37. The van der Waals surface area contributed by atoms with Crippen molar-refractivity contribution in [3.63, 3.8) is 0 Å². The fourth-order valence-corrected chi connectivity index (χ4v) is 3.06. The number of aryl methyl sites for hydroxylation is 1. The first-order chi connectivity index (χ1) is 8.60. The Labute approximate surface area is 111 Å². The monoisotopic (exact) mass is 266 g/mol. The normalized spacial score (nSPS) is 21.1. The molecule has 18 heavy (non-hydrogen) atoms. The number of hydrogen-bond acceptors (Lipinski definition) is 5. The SMILES string of the molecule is Cc1cc(/C(N)=N/O)cc(N2CCSC(C)C2)n1. The van der Waals surface area contributed by atoms with Gasteiger partial charge in [-0.25, -0.2) is 4.98 Å². The predicted molar refractivity (Wildman–Crippen MR) is 75.6 cm³/mol. The van der Waals surface area contributed by atoms with Gasteiger partial charge in [0, 0.05) is 35.3 Å². The van der Waals surface area contributed by atoms with Gasteiger partial charge in [-0.3, -0.25) is 0 Å². The fourth-order valence-electron chi connectivity index (χ4n) is 2.05. The molecular formula is C12H18N4OS. The molecule has 1 aromatic heterocycles. The van der Waals surface area contributed by atoms with E-state index < -0.39 is 0 Å². The first kappa shape index (κ1) is 13.0. The molecule has 0 saturated carbocycles. The Morgan fingerprint density at radius 2 is 2.39 bits per heavy atom. The lowest BCUT2D eigenvalue weighted by Gasteiger charge is -2.31. The number of hydrogen-bond donors (Lipinski definition) is 2. The number of nitrogens with zero attached hydrogens (tertiary/aromatic N) is 3. The van der Waals surface area contributed by atoms with Crippen LogP contribution in [0.2, 0.25) is 0 Å². The molecule has 2 rings (SSSR count). The molecule has 1 saturated heterocycles. The summed E-state index contributed by atoms with van der Waals surface area (Å²) in [5.41, 5.74) is 7.23. The minimum Gasteiger partial charge on any atom is -0.409 e. The van der Waals surface area contributed by atoms with Gasteiger partial charge in [-0.1, -0.05) is 12.1 Å². The van der Waals surface area contributed by atoms with Crippen LogP contribution in [0.4, 0.5) is 5.82 Å². The van der Waals surface area contributed by atoms with Crippen molar-refractivity contribution in [1.82, 2.24) is 4.98 Å². The number of thioether (sulfide) groups is 1. The van der Waals surface area contributed by atoms with Gasteiger partial charge >= 0.3 is 0 Å². The van der Waals surface area contributed by atoms with E-state index in [4.69, 9.17) is 10.9 Å². The third-order valence-corrected chi connectivity index (χ3v) is 4.04. The quantitative estimate of drug-likeness (QED) is 0.366. The largest absolute Gasteiger partial charge is 0.409 e. The number of anilines is 1. The molecule has 1 aromatic rings. The van der Waals surface area contributed by atoms with Gasteiger partial charge in [0.25, 0.3) is 0 Å². The number of oxime groups is 1. The smallest absolute Gasteiger partial charge is 0.170 e. The van der Waals surface area contributed by atoms with Crippen molar-refractivity contribution < 1.29 is 5.21 Å². The van der Waals surface area contributed by atoms with Crippen LogP contribution in [-0.4, -0.2) is 40.1 Å². The van der Waals surface area contributed by atoms with Gasteiger partial charge in [-0.2, -0.15) is 11.8 Å². The third-order valence-electron chi connectivity index (χ3n) is 2.91.